The van der Waals surface area contributed by atoms with E-state index in [-0.39, 0.29) is 0 Å². The largest absolute Gasteiger partial charge is 0.342 e. The number of amides is 1. The van der Waals surface area contributed by atoms with Crippen molar-refractivity contribution in [3.63, 3.8) is 0 Å². The third kappa shape index (κ3) is 5.85. The average molecular weight is 254 g/mol. The average Bonchev–Trinajstić information content (AvgIpc) is 2.33. The maximum atomic E-state index is 12.1. The van der Waals surface area contributed by atoms with Crippen molar-refractivity contribution in [1.82, 2.24) is 10.2 Å². The number of likely N-dealkylation sites (tertiary alicyclic amines) is 1. The van der Waals surface area contributed by atoms with Gasteiger partial charge in [0.25, 0.3) is 0 Å². The zero-order chi connectivity index (χ0) is 13.5. The van der Waals surface area contributed by atoms with E-state index in [0.717, 1.165) is 38.9 Å². The van der Waals surface area contributed by atoms with Crippen LogP contribution in [0, 0.1) is 11.8 Å². The molecule has 1 fully saturated rings. The Labute approximate surface area is 112 Å². The number of carbonyl (C=O) groups excluding carboxylic acids is 1. The van der Waals surface area contributed by atoms with E-state index in [2.05, 4.69) is 37.9 Å². The quantitative estimate of drug-likeness (QED) is 0.790. The number of carbonyl (C=O) groups is 1. The lowest BCUT2D eigenvalue weighted by molar-refractivity contribution is -0.133. The molecule has 1 saturated heterocycles. The molecule has 3 heteroatoms. The van der Waals surface area contributed by atoms with Gasteiger partial charge in [-0.1, -0.05) is 27.7 Å². The summed E-state index contributed by atoms with van der Waals surface area (Å²) in [5.74, 6) is 1.62. The lowest BCUT2D eigenvalue weighted by Crippen LogP contribution is -2.43. The molecule has 0 aromatic carbocycles. The maximum absolute atomic E-state index is 12.1. The zero-order valence-corrected chi connectivity index (χ0v) is 12.5. The third-order valence-corrected chi connectivity index (χ3v) is 3.62. The van der Waals surface area contributed by atoms with Gasteiger partial charge in [-0.3, -0.25) is 4.79 Å². The van der Waals surface area contributed by atoms with Gasteiger partial charge in [-0.15, -0.1) is 0 Å². The molecule has 0 aromatic rings. The van der Waals surface area contributed by atoms with Gasteiger partial charge in [0.05, 0.1) is 0 Å². The molecule has 0 aromatic heterocycles. The number of rotatable bonds is 6. The SMILES string of the molecule is CC(C)CCC(=O)N1CCCC(CNC(C)C)C1. The van der Waals surface area contributed by atoms with Crippen LogP contribution in [0.5, 0.6) is 0 Å². The van der Waals surface area contributed by atoms with Crippen molar-refractivity contribution in [1.29, 1.82) is 0 Å². The van der Waals surface area contributed by atoms with Crippen molar-refractivity contribution in [2.24, 2.45) is 11.8 Å². The van der Waals surface area contributed by atoms with Gasteiger partial charge in [-0.05, 0) is 37.6 Å². The molecule has 0 bridgehead atoms. The van der Waals surface area contributed by atoms with Crippen LogP contribution in [0.4, 0.5) is 0 Å². The molecule has 1 unspecified atom stereocenters. The summed E-state index contributed by atoms with van der Waals surface area (Å²) < 4.78 is 0. The van der Waals surface area contributed by atoms with Gasteiger partial charge in [0.15, 0.2) is 0 Å². The molecule has 1 atom stereocenters. The first-order chi connectivity index (χ1) is 8.49. The summed E-state index contributed by atoms with van der Waals surface area (Å²) >= 11 is 0. The van der Waals surface area contributed by atoms with Crippen molar-refractivity contribution in [2.45, 2.75) is 59.4 Å². The van der Waals surface area contributed by atoms with Crippen LogP contribution in [0.3, 0.4) is 0 Å². The minimum absolute atomic E-state index is 0.359. The zero-order valence-electron chi connectivity index (χ0n) is 12.5. The molecule has 0 radical (unpaired) electrons. The van der Waals surface area contributed by atoms with E-state index in [1.54, 1.807) is 0 Å². The van der Waals surface area contributed by atoms with Gasteiger partial charge >= 0.3 is 0 Å². The number of hydrogen-bond acceptors (Lipinski definition) is 2. The molecule has 1 aliphatic rings. The summed E-state index contributed by atoms with van der Waals surface area (Å²) in [4.78, 5) is 14.2. The Bertz CT molecular complexity index is 251. The fraction of sp³-hybridized carbons (Fsp3) is 0.933. The molecule has 1 rings (SSSR count). The topological polar surface area (TPSA) is 32.3 Å². The van der Waals surface area contributed by atoms with Gasteiger partial charge in [0.1, 0.15) is 0 Å². The second kappa shape index (κ2) is 7.78. The lowest BCUT2D eigenvalue weighted by atomic mass is 9.97. The van der Waals surface area contributed by atoms with Crippen LogP contribution in [0.2, 0.25) is 0 Å². The van der Waals surface area contributed by atoms with Crippen molar-refractivity contribution >= 4 is 5.91 Å². The molecular weight excluding hydrogens is 224 g/mol. The first-order valence-corrected chi connectivity index (χ1v) is 7.50. The fourth-order valence-corrected chi connectivity index (χ4v) is 2.43. The summed E-state index contributed by atoms with van der Waals surface area (Å²) in [6.45, 7) is 11.7. The van der Waals surface area contributed by atoms with Gasteiger partial charge in [-0.2, -0.15) is 0 Å². The van der Waals surface area contributed by atoms with Crippen LogP contribution >= 0.6 is 0 Å². The highest BCUT2D eigenvalue weighted by Crippen LogP contribution is 2.17. The van der Waals surface area contributed by atoms with Crippen LogP contribution in [-0.4, -0.2) is 36.5 Å². The van der Waals surface area contributed by atoms with Crippen LogP contribution in [0.15, 0.2) is 0 Å². The number of hydrogen-bond donors (Lipinski definition) is 1. The highest BCUT2D eigenvalue weighted by atomic mass is 16.2. The van der Waals surface area contributed by atoms with Gasteiger partial charge < -0.3 is 10.2 Å². The Balaban J connectivity index is 2.31. The first-order valence-electron chi connectivity index (χ1n) is 7.50. The van der Waals surface area contributed by atoms with Crippen LogP contribution in [0.25, 0.3) is 0 Å². The van der Waals surface area contributed by atoms with E-state index in [1.165, 1.54) is 6.42 Å². The monoisotopic (exact) mass is 254 g/mol. The number of piperidine rings is 1. The van der Waals surface area contributed by atoms with Crippen LogP contribution in [-0.2, 0) is 4.79 Å². The smallest absolute Gasteiger partial charge is 0.222 e. The Morgan fingerprint density at radius 1 is 1.33 bits per heavy atom. The second-order valence-corrected chi connectivity index (χ2v) is 6.34. The van der Waals surface area contributed by atoms with Crippen molar-refractivity contribution in [3.8, 4) is 0 Å². The lowest BCUT2D eigenvalue weighted by Gasteiger charge is -2.33. The normalized spacial score (nSPS) is 20.8. The molecule has 1 amide bonds. The summed E-state index contributed by atoms with van der Waals surface area (Å²) in [6, 6.07) is 0.539. The fourth-order valence-electron chi connectivity index (χ4n) is 2.43. The van der Waals surface area contributed by atoms with E-state index < -0.39 is 0 Å². The van der Waals surface area contributed by atoms with E-state index in [1.807, 2.05) is 0 Å². The Hall–Kier alpha value is -0.570. The Kier molecular flexibility index (Phi) is 6.69. The van der Waals surface area contributed by atoms with Crippen molar-refractivity contribution < 1.29 is 4.79 Å². The maximum Gasteiger partial charge on any atom is 0.222 e. The summed E-state index contributed by atoms with van der Waals surface area (Å²) in [5, 5.41) is 3.49. The molecule has 18 heavy (non-hydrogen) atoms. The third-order valence-electron chi connectivity index (χ3n) is 3.62. The molecule has 3 nitrogen and oxygen atoms in total. The highest BCUT2D eigenvalue weighted by Gasteiger charge is 2.23. The molecule has 0 spiro atoms. The summed E-state index contributed by atoms with van der Waals surface area (Å²) in [7, 11) is 0. The predicted molar refractivity (Wildman–Crippen MR) is 76.5 cm³/mol. The Morgan fingerprint density at radius 3 is 2.67 bits per heavy atom. The molecular formula is C15H30N2O. The van der Waals surface area contributed by atoms with Crippen LogP contribution < -0.4 is 5.32 Å². The molecule has 0 saturated carbocycles. The van der Waals surface area contributed by atoms with Crippen LogP contribution in [0.1, 0.15) is 53.4 Å². The minimum atomic E-state index is 0.359. The summed E-state index contributed by atoms with van der Waals surface area (Å²) in [6.07, 6.45) is 4.16. The number of nitrogens with one attached hydrogen (secondary N) is 1. The molecule has 106 valence electrons. The van der Waals surface area contributed by atoms with Gasteiger partial charge in [-0.25, -0.2) is 0 Å². The summed E-state index contributed by atoms with van der Waals surface area (Å²) in [5.41, 5.74) is 0. The van der Waals surface area contributed by atoms with Crippen molar-refractivity contribution in [2.75, 3.05) is 19.6 Å². The van der Waals surface area contributed by atoms with Gasteiger partial charge in [0, 0.05) is 25.6 Å². The van der Waals surface area contributed by atoms with Crippen molar-refractivity contribution in [3.05, 3.63) is 0 Å². The minimum Gasteiger partial charge on any atom is -0.342 e. The first kappa shape index (κ1) is 15.5. The second-order valence-electron chi connectivity index (χ2n) is 6.34. The molecule has 1 N–H and O–H groups in total. The van der Waals surface area contributed by atoms with E-state index in [0.29, 0.717) is 23.8 Å². The van der Waals surface area contributed by atoms with E-state index in [9.17, 15) is 4.79 Å². The highest BCUT2D eigenvalue weighted by molar-refractivity contribution is 5.76. The predicted octanol–water partition coefficient (Wildman–Crippen LogP) is 2.66. The Morgan fingerprint density at radius 2 is 2.06 bits per heavy atom. The standard InChI is InChI=1S/C15H30N2O/c1-12(2)7-8-15(18)17-9-5-6-14(11-17)10-16-13(3)4/h12-14,16H,5-11H2,1-4H3. The number of nitrogens with zero attached hydrogens (tertiary/aromatic N) is 1. The van der Waals surface area contributed by atoms with E-state index >= 15 is 0 Å². The van der Waals surface area contributed by atoms with E-state index in [4.69, 9.17) is 0 Å². The molecule has 1 heterocycles. The molecule has 1 aliphatic heterocycles. The van der Waals surface area contributed by atoms with Gasteiger partial charge in [0.2, 0.25) is 5.91 Å². The molecule has 0 aliphatic carbocycles.